The molecule has 0 spiro atoms. The Hall–Kier alpha value is -1.10. The fraction of sp³-hybridized carbons (Fsp3) is 0.778. The first kappa shape index (κ1) is 9.98. The Labute approximate surface area is 78.7 Å². The number of nitrogens with one attached hydrogen (secondary N) is 1. The van der Waals surface area contributed by atoms with E-state index in [0.717, 1.165) is 25.9 Å². The van der Waals surface area contributed by atoms with Crippen molar-refractivity contribution in [3.8, 4) is 12.1 Å². The minimum Gasteiger partial charge on any atom is -0.317 e. The monoisotopic (exact) mass is 178 g/mol. The van der Waals surface area contributed by atoms with Gasteiger partial charge in [0.25, 0.3) is 0 Å². The fourth-order valence-corrected chi connectivity index (χ4v) is 1.67. The molecule has 13 heavy (non-hydrogen) atoms. The van der Waals surface area contributed by atoms with Crippen molar-refractivity contribution >= 4 is 0 Å². The Morgan fingerprint density at radius 2 is 1.69 bits per heavy atom. The molecule has 0 radical (unpaired) electrons. The van der Waals surface area contributed by atoms with Crippen LogP contribution in [-0.4, -0.2) is 37.1 Å². The van der Waals surface area contributed by atoms with Crippen LogP contribution in [-0.2, 0) is 0 Å². The van der Waals surface area contributed by atoms with Crippen LogP contribution in [0.15, 0.2) is 0 Å². The lowest BCUT2D eigenvalue weighted by Crippen LogP contribution is -2.43. The lowest BCUT2D eigenvalue weighted by molar-refractivity contribution is 0.201. The average molecular weight is 178 g/mol. The van der Waals surface area contributed by atoms with Gasteiger partial charge in [0, 0.05) is 6.04 Å². The van der Waals surface area contributed by atoms with Crippen LogP contribution in [0.3, 0.4) is 0 Å². The van der Waals surface area contributed by atoms with Crippen molar-refractivity contribution in [2.45, 2.75) is 18.9 Å². The number of nitrogens with zero attached hydrogens (tertiary/aromatic N) is 3. The summed E-state index contributed by atoms with van der Waals surface area (Å²) in [5, 5.41) is 20.4. The summed E-state index contributed by atoms with van der Waals surface area (Å²) in [7, 11) is 0. The number of hydrogen-bond acceptors (Lipinski definition) is 4. The second-order valence-electron chi connectivity index (χ2n) is 3.20. The maximum Gasteiger partial charge on any atom is 0.0876 e. The molecule has 0 aromatic rings. The van der Waals surface area contributed by atoms with E-state index in [9.17, 15) is 0 Å². The lowest BCUT2D eigenvalue weighted by atomic mass is 10.1. The zero-order valence-electron chi connectivity index (χ0n) is 7.66. The molecule has 0 aromatic heterocycles. The minimum absolute atomic E-state index is 0.373. The summed E-state index contributed by atoms with van der Waals surface area (Å²) in [5.74, 6) is 0. The standard InChI is InChI=1S/C9H14N4/c10-3-7-13(8-4-11)9-1-5-12-6-2-9/h9,12H,1-2,5-8H2. The Morgan fingerprint density at radius 1 is 1.15 bits per heavy atom. The van der Waals surface area contributed by atoms with E-state index in [4.69, 9.17) is 10.5 Å². The van der Waals surface area contributed by atoms with Crippen LogP contribution >= 0.6 is 0 Å². The predicted molar refractivity (Wildman–Crippen MR) is 48.7 cm³/mol. The van der Waals surface area contributed by atoms with Crippen LogP contribution in [0.1, 0.15) is 12.8 Å². The molecule has 0 unspecified atom stereocenters. The van der Waals surface area contributed by atoms with E-state index in [1.54, 1.807) is 0 Å². The average Bonchev–Trinajstić information content (AvgIpc) is 2.19. The molecule has 70 valence electrons. The molecule has 4 heteroatoms. The largest absolute Gasteiger partial charge is 0.317 e. The molecule has 1 aliphatic rings. The lowest BCUT2D eigenvalue weighted by Gasteiger charge is -2.31. The first-order chi connectivity index (χ1) is 6.38. The number of hydrogen-bond donors (Lipinski definition) is 1. The van der Waals surface area contributed by atoms with Gasteiger partial charge in [0.1, 0.15) is 0 Å². The smallest absolute Gasteiger partial charge is 0.0876 e. The van der Waals surface area contributed by atoms with E-state index < -0.39 is 0 Å². The number of rotatable bonds is 3. The Balaban J connectivity index is 2.43. The highest BCUT2D eigenvalue weighted by molar-refractivity contribution is 4.89. The van der Waals surface area contributed by atoms with Crippen LogP contribution in [0.2, 0.25) is 0 Å². The third kappa shape index (κ3) is 3.02. The summed E-state index contributed by atoms with van der Waals surface area (Å²) in [6, 6.07) is 4.63. The molecule has 0 bridgehead atoms. The van der Waals surface area contributed by atoms with Crippen molar-refractivity contribution in [3.05, 3.63) is 0 Å². The van der Waals surface area contributed by atoms with E-state index >= 15 is 0 Å². The molecule has 1 fully saturated rings. The first-order valence-electron chi connectivity index (χ1n) is 4.57. The van der Waals surface area contributed by atoms with E-state index in [0.29, 0.717) is 19.1 Å². The van der Waals surface area contributed by atoms with Gasteiger partial charge in [0.05, 0.1) is 25.2 Å². The summed E-state index contributed by atoms with van der Waals surface area (Å²) in [6.45, 7) is 2.74. The van der Waals surface area contributed by atoms with Gasteiger partial charge in [-0.1, -0.05) is 0 Å². The van der Waals surface area contributed by atoms with Gasteiger partial charge in [0.15, 0.2) is 0 Å². The van der Waals surface area contributed by atoms with E-state index in [1.165, 1.54) is 0 Å². The minimum atomic E-state index is 0.373. The summed E-state index contributed by atoms with van der Waals surface area (Å²) in [5.41, 5.74) is 0. The molecule has 4 nitrogen and oxygen atoms in total. The van der Waals surface area contributed by atoms with Gasteiger partial charge in [0.2, 0.25) is 0 Å². The van der Waals surface area contributed by atoms with Gasteiger partial charge in [-0.3, -0.25) is 4.90 Å². The highest BCUT2D eigenvalue weighted by Crippen LogP contribution is 2.10. The van der Waals surface area contributed by atoms with E-state index in [2.05, 4.69) is 17.5 Å². The SMILES string of the molecule is N#CCN(CC#N)C1CCNCC1. The summed E-state index contributed by atoms with van der Waals surface area (Å²) in [6.07, 6.45) is 2.09. The summed E-state index contributed by atoms with van der Waals surface area (Å²) >= 11 is 0. The summed E-state index contributed by atoms with van der Waals surface area (Å²) < 4.78 is 0. The number of nitriles is 2. The Bertz CT molecular complexity index is 203. The van der Waals surface area contributed by atoms with Crippen molar-refractivity contribution in [1.29, 1.82) is 10.5 Å². The third-order valence-electron chi connectivity index (χ3n) is 2.37. The zero-order valence-corrected chi connectivity index (χ0v) is 7.66. The Kier molecular flexibility index (Phi) is 4.25. The van der Waals surface area contributed by atoms with E-state index in [-0.39, 0.29) is 0 Å². The molecule has 1 aliphatic heterocycles. The van der Waals surface area contributed by atoms with Gasteiger partial charge < -0.3 is 5.32 Å². The van der Waals surface area contributed by atoms with Crippen molar-refractivity contribution < 1.29 is 0 Å². The number of piperidine rings is 1. The van der Waals surface area contributed by atoms with Crippen molar-refractivity contribution in [2.75, 3.05) is 26.2 Å². The molecule has 0 aliphatic carbocycles. The second-order valence-corrected chi connectivity index (χ2v) is 3.20. The highest BCUT2D eigenvalue weighted by atomic mass is 15.2. The fourth-order valence-electron chi connectivity index (χ4n) is 1.67. The molecule has 0 amide bonds. The topological polar surface area (TPSA) is 62.9 Å². The maximum atomic E-state index is 8.58. The van der Waals surface area contributed by atoms with Crippen molar-refractivity contribution in [3.63, 3.8) is 0 Å². The molecule has 1 heterocycles. The molecule has 1 rings (SSSR count). The quantitative estimate of drug-likeness (QED) is 0.622. The molecular formula is C9H14N4. The van der Waals surface area contributed by atoms with Crippen molar-refractivity contribution in [1.82, 2.24) is 10.2 Å². The first-order valence-corrected chi connectivity index (χ1v) is 4.57. The molecule has 0 aromatic carbocycles. The molecule has 0 saturated carbocycles. The highest BCUT2D eigenvalue weighted by Gasteiger charge is 2.19. The van der Waals surface area contributed by atoms with Gasteiger partial charge >= 0.3 is 0 Å². The zero-order chi connectivity index (χ0) is 9.52. The summed E-state index contributed by atoms with van der Waals surface area (Å²) in [4.78, 5) is 1.96. The van der Waals surface area contributed by atoms with E-state index in [1.807, 2.05) is 4.90 Å². The van der Waals surface area contributed by atoms with Crippen molar-refractivity contribution in [2.24, 2.45) is 0 Å². The van der Waals surface area contributed by atoms with Crippen LogP contribution in [0.25, 0.3) is 0 Å². The molecule has 1 saturated heterocycles. The van der Waals surface area contributed by atoms with Crippen LogP contribution in [0.5, 0.6) is 0 Å². The predicted octanol–water partition coefficient (Wildman–Crippen LogP) is 0.0876. The maximum absolute atomic E-state index is 8.58. The molecular weight excluding hydrogens is 164 g/mol. The van der Waals surface area contributed by atoms with Gasteiger partial charge in [-0.25, -0.2) is 0 Å². The Morgan fingerprint density at radius 3 is 2.15 bits per heavy atom. The molecule has 1 N–H and O–H groups in total. The normalized spacial score (nSPS) is 18.1. The third-order valence-corrected chi connectivity index (χ3v) is 2.37. The van der Waals surface area contributed by atoms with Gasteiger partial charge in [-0.2, -0.15) is 10.5 Å². The van der Waals surface area contributed by atoms with Gasteiger partial charge in [-0.15, -0.1) is 0 Å². The van der Waals surface area contributed by atoms with Crippen LogP contribution in [0, 0.1) is 22.7 Å². The molecule has 0 atom stereocenters. The van der Waals surface area contributed by atoms with Crippen LogP contribution < -0.4 is 5.32 Å². The van der Waals surface area contributed by atoms with Crippen LogP contribution in [0.4, 0.5) is 0 Å². The van der Waals surface area contributed by atoms with Gasteiger partial charge in [-0.05, 0) is 25.9 Å². The second kappa shape index (κ2) is 5.53.